The molecule has 0 radical (unpaired) electrons. The van der Waals surface area contributed by atoms with Crippen LogP contribution in [0.4, 0.5) is 4.39 Å². The Kier molecular flexibility index (Phi) is 4.48. The Morgan fingerprint density at radius 2 is 1.70 bits per heavy atom. The summed E-state index contributed by atoms with van der Waals surface area (Å²) in [4.78, 5) is 0. The van der Waals surface area contributed by atoms with Gasteiger partial charge in [0.25, 0.3) is 0 Å². The van der Waals surface area contributed by atoms with E-state index in [-0.39, 0.29) is 17.0 Å². The summed E-state index contributed by atoms with van der Waals surface area (Å²) in [5, 5.41) is 0.629. The second kappa shape index (κ2) is 5.96. The van der Waals surface area contributed by atoms with Crippen LogP contribution < -0.4 is 4.74 Å². The Labute approximate surface area is 127 Å². The average molecular weight is 337 g/mol. The molecule has 0 N–H and O–H groups in total. The lowest BCUT2D eigenvalue weighted by atomic mass is 9.87. The van der Waals surface area contributed by atoms with Crippen molar-refractivity contribution in [1.29, 1.82) is 0 Å². The Morgan fingerprint density at radius 1 is 1.05 bits per heavy atom. The molecule has 0 saturated heterocycles. The molecule has 0 spiro atoms. The van der Waals surface area contributed by atoms with Crippen LogP contribution in [-0.4, -0.2) is 0 Å². The normalized spacial score (nSPS) is 11.4. The Hall–Kier alpha value is -1.35. The first-order valence-corrected chi connectivity index (χ1v) is 7.65. The summed E-state index contributed by atoms with van der Waals surface area (Å²) in [6, 6.07) is 12.8. The van der Waals surface area contributed by atoms with Crippen LogP contribution in [0.25, 0.3) is 0 Å². The minimum Gasteiger partial charge on any atom is -0.454 e. The number of hydrogen-bond donors (Lipinski definition) is 0. The highest BCUT2D eigenvalue weighted by atomic mass is 79.9. The second-order valence-corrected chi connectivity index (χ2v) is 6.34. The van der Waals surface area contributed by atoms with Gasteiger partial charge in [0.15, 0.2) is 11.6 Å². The first-order valence-electron chi connectivity index (χ1n) is 6.53. The zero-order chi connectivity index (χ0) is 14.8. The Morgan fingerprint density at radius 3 is 2.20 bits per heavy atom. The van der Waals surface area contributed by atoms with Gasteiger partial charge in [0.2, 0.25) is 0 Å². The minimum absolute atomic E-state index is 0.0985. The van der Waals surface area contributed by atoms with Gasteiger partial charge in [-0.3, -0.25) is 0 Å². The number of benzene rings is 2. The van der Waals surface area contributed by atoms with E-state index in [0.717, 1.165) is 5.56 Å². The first-order chi connectivity index (χ1) is 9.40. The van der Waals surface area contributed by atoms with Gasteiger partial charge < -0.3 is 4.74 Å². The van der Waals surface area contributed by atoms with E-state index in [1.165, 1.54) is 11.6 Å². The number of hydrogen-bond acceptors (Lipinski definition) is 1. The standard InChI is InChI=1S/C17H18BrFO/c1-17(2,3)13-5-7-14(8-6-13)20-16-9-4-12(11-18)10-15(16)19/h4-10H,11H2,1-3H3. The molecule has 106 valence electrons. The molecule has 0 fully saturated rings. The van der Waals surface area contributed by atoms with E-state index >= 15 is 0 Å². The highest BCUT2D eigenvalue weighted by molar-refractivity contribution is 9.08. The summed E-state index contributed by atoms with van der Waals surface area (Å²) in [6.45, 7) is 6.46. The third-order valence-corrected chi connectivity index (χ3v) is 3.75. The van der Waals surface area contributed by atoms with Crippen molar-refractivity contribution in [2.75, 3.05) is 0 Å². The van der Waals surface area contributed by atoms with E-state index in [2.05, 4.69) is 36.7 Å². The zero-order valence-corrected chi connectivity index (χ0v) is 13.5. The van der Waals surface area contributed by atoms with Gasteiger partial charge in [0, 0.05) is 5.33 Å². The van der Waals surface area contributed by atoms with Crippen molar-refractivity contribution >= 4 is 15.9 Å². The quantitative estimate of drug-likeness (QED) is 0.642. The molecule has 0 bridgehead atoms. The van der Waals surface area contributed by atoms with Crippen molar-refractivity contribution in [3.8, 4) is 11.5 Å². The fourth-order valence-electron chi connectivity index (χ4n) is 1.86. The van der Waals surface area contributed by atoms with Crippen molar-refractivity contribution in [2.24, 2.45) is 0 Å². The van der Waals surface area contributed by atoms with E-state index in [1.807, 2.05) is 30.3 Å². The Balaban J connectivity index is 2.18. The lowest BCUT2D eigenvalue weighted by Crippen LogP contribution is -2.10. The van der Waals surface area contributed by atoms with Crippen molar-refractivity contribution in [3.63, 3.8) is 0 Å². The zero-order valence-electron chi connectivity index (χ0n) is 11.9. The second-order valence-electron chi connectivity index (χ2n) is 5.77. The average Bonchev–Trinajstić information content (AvgIpc) is 2.40. The molecule has 0 aliphatic heterocycles. The fourth-order valence-corrected chi connectivity index (χ4v) is 2.21. The van der Waals surface area contributed by atoms with Crippen LogP contribution in [0.3, 0.4) is 0 Å². The number of alkyl halides is 1. The van der Waals surface area contributed by atoms with Gasteiger partial charge in [-0.05, 0) is 40.8 Å². The van der Waals surface area contributed by atoms with E-state index in [1.54, 1.807) is 6.07 Å². The minimum atomic E-state index is -0.346. The van der Waals surface area contributed by atoms with Crippen molar-refractivity contribution in [1.82, 2.24) is 0 Å². The van der Waals surface area contributed by atoms with Crippen LogP contribution in [0.1, 0.15) is 31.9 Å². The maximum atomic E-state index is 13.8. The molecule has 0 amide bonds. The SMILES string of the molecule is CC(C)(C)c1ccc(Oc2ccc(CBr)cc2F)cc1. The van der Waals surface area contributed by atoms with Crippen molar-refractivity contribution in [2.45, 2.75) is 31.5 Å². The third-order valence-electron chi connectivity index (χ3n) is 3.10. The summed E-state index contributed by atoms with van der Waals surface area (Å²) in [7, 11) is 0. The summed E-state index contributed by atoms with van der Waals surface area (Å²) in [5.41, 5.74) is 2.21. The van der Waals surface area contributed by atoms with Gasteiger partial charge in [-0.1, -0.05) is 54.9 Å². The van der Waals surface area contributed by atoms with Gasteiger partial charge in [-0.2, -0.15) is 0 Å². The third kappa shape index (κ3) is 3.60. The van der Waals surface area contributed by atoms with Gasteiger partial charge >= 0.3 is 0 Å². The molecule has 0 heterocycles. The highest BCUT2D eigenvalue weighted by Gasteiger charge is 2.13. The molecule has 20 heavy (non-hydrogen) atoms. The summed E-state index contributed by atoms with van der Waals surface area (Å²) < 4.78 is 19.4. The maximum Gasteiger partial charge on any atom is 0.166 e. The van der Waals surface area contributed by atoms with Gasteiger partial charge in [-0.15, -0.1) is 0 Å². The van der Waals surface area contributed by atoms with E-state index in [4.69, 9.17) is 4.74 Å². The first kappa shape index (κ1) is 15.0. The smallest absolute Gasteiger partial charge is 0.166 e. The van der Waals surface area contributed by atoms with E-state index in [9.17, 15) is 4.39 Å². The van der Waals surface area contributed by atoms with Crippen LogP contribution in [0.5, 0.6) is 11.5 Å². The summed E-state index contributed by atoms with van der Waals surface area (Å²) >= 11 is 3.30. The Bertz CT molecular complexity index is 585. The summed E-state index contributed by atoms with van der Waals surface area (Å²) in [5.74, 6) is 0.545. The van der Waals surface area contributed by atoms with Gasteiger partial charge in [0.1, 0.15) is 5.75 Å². The van der Waals surface area contributed by atoms with Crippen LogP contribution >= 0.6 is 15.9 Å². The van der Waals surface area contributed by atoms with Crippen molar-refractivity contribution in [3.05, 3.63) is 59.4 Å². The van der Waals surface area contributed by atoms with E-state index in [0.29, 0.717) is 11.1 Å². The highest BCUT2D eigenvalue weighted by Crippen LogP contribution is 2.28. The van der Waals surface area contributed by atoms with Gasteiger partial charge in [0.05, 0.1) is 0 Å². The predicted molar refractivity (Wildman–Crippen MR) is 84.2 cm³/mol. The van der Waals surface area contributed by atoms with Gasteiger partial charge in [-0.25, -0.2) is 4.39 Å². The molecular formula is C17H18BrFO. The number of rotatable bonds is 3. The molecule has 0 aliphatic rings. The van der Waals surface area contributed by atoms with E-state index < -0.39 is 0 Å². The molecule has 0 atom stereocenters. The molecule has 2 aromatic rings. The molecule has 1 nitrogen and oxygen atoms in total. The van der Waals surface area contributed by atoms with Crippen molar-refractivity contribution < 1.29 is 9.13 Å². The molecule has 2 aromatic carbocycles. The molecule has 0 unspecified atom stereocenters. The monoisotopic (exact) mass is 336 g/mol. The van der Waals surface area contributed by atoms with Crippen LogP contribution in [0, 0.1) is 5.82 Å². The molecular weight excluding hydrogens is 319 g/mol. The number of halogens is 2. The largest absolute Gasteiger partial charge is 0.454 e. The molecule has 2 rings (SSSR count). The maximum absolute atomic E-state index is 13.8. The summed E-state index contributed by atoms with van der Waals surface area (Å²) in [6.07, 6.45) is 0. The predicted octanol–water partition coefficient (Wildman–Crippen LogP) is 5.81. The topological polar surface area (TPSA) is 9.23 Å². The molecule has 3 heteroatoms. The van der Waals surface area contributed by atoms with Crippen LogP contribution in [0.15, 0.2) is 42.5 Å². The molecule has 0 saturated carbocycles. The lowest BCUT2D eigenvalue weighted by Gasteiger charge is -2.19. The van der Waals surface area contributed by atoms with Crippen LogP contribution in [0.2, 0.25) is 0 Å². The molecule has 0 aromatic heterocycles. The lowest BCUT2D eigenvalue weighted by molar-refractivity contribution is 0.441. The van der Waals surface area contributed by atoms with Crippen LogP contribution in [-0.2, 0) is 10.7 Å². The molecule has 0 aliphatic carbocycles. The number of ether oxygens (including phenoxy) is 1. The fraction of sp³-hybridized carbons (Fsp3) is 0.294.